The second kappa shape index (κ2) is 4.95. The fourth-order valence-electron chi connectivity index (χ4n) is 1.55. The fourth-order valence-corrected chi connectivity index (χ4v) is 1.55. The predicted octanol–water partition coefficient (Wildman–Crippen LogP) is 0.00350. The number of nitrogens with one attached hydrogen (secondary N) is 1. The first-order chi connectivity index (χ1) is 7.74. The second-order valence-corrected chi connectivity index (χ2v) is 4.30. The third-order valence-corrected chi connectivity index (χ3v) is 2.52. The van der Waals surface area contributed by atoms with Gasteiger partial charge in [0.2, 0.25) is 5.91 Å². The smallest absolute Gasteiger partial charge is 0.377 e. The molecule has 0 aromatic heterocycles. The lowest BCUT2D eigenvalue weighted by Crippen LogP contribution is -2.44. The zero-order chi connectivity index (χ0) is 13.2. The highest BCUT2D eigenvalue weighted by Crippen LogP contribution is 2.30. The summed E-state index contributed by atoms with van der Waals surface area (Å²) in [4.78, 5) is 23.6. The molecule has 1 rings (SSSR count). The van der Waals surface area contributed by atoms with E-state index >= 15 is 0 Å². The number of rotatable bonds is 4. The van der Waals surface area contributed by atoms with Crippen LogP contribution in [0.2, 0.25) is 0 Å². The van der Waals surface area contributed by atoms with Crippen molar-refractivity contribution in [1.82, 2.24) is 10.2 Å². The highest BCUT2D eigenvalue weighted by atomic mass is 19.3. The molecule has 1 N–H and O–H groups in total. The number of carbonyl (C=O) groups is 2. The summed E-state index contributed by atoms with van der Waals surface area (Å²) in [6, 6.07) is -0.502. The van der Waals surface area contributed by atoms with Crippen molar-refractivity contribution in [2.24, 2.45) is 0 Å². The summed E-state index contributed by atoms with van der Waals surface area (Å²) in [5.41, 5.74) is 0. The van der Waals surface area contributed by atoms with E-state index in [0.29, 0.717) is 0 Å². The Balaban J connectivity index is 2.38. The van der Waals surface area contributed by atoms with Crippen LogP contribution in [0.15, 0.2) is 0 Å². The molecule has 1 saturated heterocycles. The number of carbonyl (C=O) groups excluding carboxylic acids is 2. The van der Waals surface area contributed by atoms with E-state index in [1.165, 1.54) is 4.90 Å². The monoisotopic (exact) mass is 250 g/mol. The van der Waals surface area contributed by atoms with E-state index < -0.39 is 30.5 Å². The van der Waals surface area contributed by atoms with Gasteiger partial charge in [-0.05, 0) is 6.92 Å². The fraction of sp³-hybridized carbons (Fsp3) is 0.800. The van der Waals surface area contributed by atoms with E-state index in [9.17, 15) is 18.4 Å². The Kier molecular flexibility index (Phi) is 4.03. The van der Waals surface area contributed by atoms with E-state index in [1.54, 1.807) is 21.0 Å². The largest absolute Gasteiger partial charge is 0.456 e. The van der Waals surface area contributed by atoms with Crippen molar-refractivity contribution in [2.45, 2.75) is 31.4 Å². The third kappa shape index (κ3) is 3.36. The van der Waals surface area contributed by atoms with Crippen molar-refractivity contribution < 1.29 is 23.1 Å². The third-order valence-electron chi connectivity index (χ3n) is 2.52. The lowest BCUT2D eigenvalue weighted by Gasteiger charge is -2.19. The maximum Gasteiger partial charge on any atom is 0.377 e. The second-order valence-electron chi connectivity index (χ2n) is 4.30. The molecule has 1 fully saturated rings. The minimum Gasteiger partial charge on any atom is -0.456 e. The van der Waals surface area contributed by atoms with Gasteiger partial charge in [-0.2, -0.15) is 8.78 Å². The van der Waals surface area contributed by atoms with Crippen molar-refractivity contribution in [1.29, 1.82) is 0 Å². The molecule has 1 aliphatic heterocycles. The van der Waals surface area contributed by atoms with E-state index in [-0.39, 0.29) is 12.5 Å². The SMILES string of the molecule is CC(NCC1CC(F)(F)C(=O)O1)C(=O)N(C)C. The molecule has 1 aliphatic rings. The molecule has 0 aliphatic carbocycles. The van der Waals surface area contributed by atoms with Crippen LogP contribution in [-0.2, 0) is 14.3 Å². The molecule has 2 unspecified atom stereocenters. The summed E-state index contributed by atoms with van der Waals surface area (Å²) in [5, 5.41) is 2.76. The summed E-state index contributed by atoms with van der Waals surface area (Å²) in [7, 11) is 3.20. The molecule has 1 amide bonds. The standard InChI is InChI=1S/C10H16F2N2O3/c1-6(8(15)14(2)3)13-5-7-4-10(11,12)9(16)17-7/h6-7,13H,4-5H2,1-3H3. The van der Waals surface area contributed by atoms with Crippen LogP contribution in [0.25, 0.3) is 0 Å². The predicted molar refractivity (Wildman–Crippen MR) is 55.6 cm³/mol. The van der Waals surface area contributed by atoms with Gasteiger partial charge in [-0.3, -0.25) is 4.79 Å². The highest BCUT2D eigenvalue weighted by molar-refractivity contribution is 5.81. The molecule has 0 saturated carbocycles. The molecule has 0 bridgehead atoms. The van der Waals surface area contributed by atoms with E-state index in [2.05, 4.69) is 10.1 Å². The number of esters is 1. The zero-order valence-corrected chi connectivity index (χ0v) is 10.00. The summed E-state index contributed by atoms with van der Waals surface area (Å²) in [5.74, 6) is -5.06. The number of hydrogen-bond donors (Lipinski definition) is 1. The van der Waals surface area contributed by atoms with Crippen LogP contribution in [-0.4, -0.2) is 55.5 Å². The Hall–Kier alpha value is -1.24. The van der Waals surface area contributed by atoms with Crippen LogP contribution < -0.4 is 5.32 Å². The van der Waals surface area contributed by atoms with Crippen LogP contribution in [0.1, 0.15) is 13.3 Å². The first-order valence-corrected chi connectivity index (χ1v) is 5.27. The van der Waals surface area contributed by atoms with Gasteiger partial charge in [0.05, 0.1) is 12.5 Å². The number of nitrogens with zero attached hydrogens (tertiary/aromatic N) is 1. The molecule has 0 radical (unpaired) electrons. The van der Waals surface area contributed by atoms with Gasteiger partial charge in [0.15, 0.2) is 0 Å². The average molecular weight is 250 g/mol. The minimum absolute atomic E-state index is 0.0437. The van der Waals surface area contributed by atoms with E-state index in [0.717, 1.165) is 0 Å². The van der Waals surface area contributed by atoms with Crippen LogP contribution >= 0.6 is 0 Å². The Morgan fingerprint density at radius 2 is 2.24 bits per heavy atom. The van der Waals surface area contributed by atoms with Gasteiger partial charge in [-0.25, -0.2) is 4.79 Å². The number of ether oxygens (including phenoxy) is 1. The Morgan fingerprint density at radius 1 is 1.65 bits per heavy atom. The number of halogens is 2. The molecule has 0 aromatic carbocycles. The normalized spacial score (nSPS) is 24.3. The number of hydrogen-bond acceptors (Lipinski definition) is 4. The van der Waals surface area contributed by atoms with Crippen LogP contribution in [0.3, 0.4) is 0 Å². The van der Waals surface area contributed by atoms with Gasteiger partial charge in [-0.15, -0.1) is 0 Å². The molecular weight excluding hydrogens is 234 g/mol. The first-order valence-electron chi connectivity index (χ1n) is 5.27. The van der Waals surface area contributed by atoms with E-state index in [4.69, 9.17) is 0 Å². The number of alkyl halides is 2. The van der Waals surface area contributed by atoms with Crippen LogP contribution in [0.4, 0.5) is 8.78 Å². The molecule has 17 heavy (non-hydrogen) atoms. The highest BCUT2D eigenvalue weighted by Gasteiger charge is 2.50. The molecule has 98 valence electrons. The number of amides is 1. The van der Waals surface area contributed by atoms with Crippen molar-refractivity contribution >= 4 is 11.9 Å². The zero-order valence-electron chi connectivity index (χ0n) is 10.00. The first kappa shape index (κ1) is 13.8. The summed E-state index contributed by atoms with van der Waals surface area (Å²) < 4.78 is 30.1. The van der Waals surface area contributed by atoms with Gasteiger partial charge in [-0.1, -0.05) is 0 Å². The topological polar surface area (TPSA) is 58.6 Å². The summed E-state index contributed by atoms with van der Waals surface area (Å²) in [6.07, 6.45) is -1.52. The lowest BCUT2D eigenvalue weighted by atomic mass is 10.2. The molecule has 2 atom stereocenters. The van der Waals surface area contributed by atoms with Crippen molar-refractivity contribution in [3.05, 3.63) is 0 Å². The molecule has 5 nitrogen and oxygen atoms in total. The maximum atomic E-state index is 12.8. The molecule has 7 heteroatoms. The van der Waals surface area contributed by atoms with E-state index in [1.807, 2.05) is 0 Å². The Morgan fingerprint density at radius 3 is 2.65 bits per heavy atom. The summed E-state index contributed by atoms with van der Waals surface area (Å²) >= 11 is 0. The molecular formula is C10H16F2N2O3. The van der Waals surface area contributed by atoms with Crippen LogP contribution in [0, 0.1) is 0 Å². The average Bonchev–Trinajstić information content (AvgIpc) is 2.48. The molecule has 0 aromatic rings. The van der Waals surface area contributed by atoms with Crippen molar-refractivity contribution in [3.8, 4) is 0 Å². The lowest BCUT2D eigenvalue weighted by molar-refractivity contribution is -0.159. The van der Waals surface area contributed by atoms with Gasteiger partial charge < -0.3 is 15.0 Å². The quantitative estimate of drug-likeness (QED) is 0.714. The summed E-state index contributed by atoms with van der Waals surface area (Å²) in [6.45, 7) is 1.67. The number of cyclic esters (lactones) is 1. The molecule has 0 spiro atoms. The Labute approximate surface area is 98.1 Å². The minimum atomic E-state index is -3.40. The van der Waals surface area contributed by atoms with Gasteiger partial charge in [0, 0.05) is 20.6 Å². The van der Waals surface area contributed by atoms with Crippen molar-refractivity contribution in [3.63, 3.8) is 0 Å². The van der Waals surface area contributed by atoms with Gasteiger partial charge in [0.1, 0.15) is 6.10 Å². The molecule has 1 heterocycles. The van der Waals surface area contributed by atoms with Gasteiger partial charge in [0.25, 0.3) is 0 Å². The Bertz CT molecular complexity index is 321. The van der Waals surface area contributed by atoms with Gasteiger partial charge >= 0.3 is 11.9 Å². The maximum absolute atomic E-state index is 12.8. The van der Waals surface area contributed by atoms with Crippen molar-refractivity contribution in [2.75, 3.05) is 20.6 Å². The van der Waals surface area contributed by atoms with Crippen LogP contribution in [0.5, 0.6) is 0 Å². The number of likely N-dealkylation sites (N-methyl/N-ethyl adjacent to an activating group) is 1.